The summed E-state index contributed by atoms with van der Waals surface area (Å²) >= 11 is 0. The maximum atomic E-state index is 12.6. The molecule has 9 atom stereocenters. The van der Waals surface area contributed by atoms with Crippen molar-refractivity contribution in [3.63, 3.8) is 0 Å². The summed E-state index contributed by atoms with van der Waals surface area (Å²) in [5.74, 6) is 4.01. The van der Waals surface area contributed by atoms with Gasteiger partial charge < -0.3 is 10.1 Å². The van der Waals surface area contributed by atoms with Crippen LogP contribution < -0.4 is 10.1 Å². The predicted molar refractivity (Wildman–Crippen MR) is 195 cm³/mol. The molecule has 48 heavy (non-hydrogen) atoms. The second kappa shape index (κ2) is 11.8. The number of ether oxygens (including phenoxy) is 1. The standard InChI is InChI=1S/C42H61NO4S/c1-28(2)32-17-22-42(43-25-8-26-48(45,46)31-13-14-31)24-23-40(6)34(37(32)42)15-16-36-39(5)20-18-33(29-9-11-30(12-10-29)47-27-44)38(3,4)35(39)19-21-41(36,40)7/h9-12,18,27,31-32,34-37,43H,1,8,13-17,19-26H2,2-7H3/t32-,34+,35-,36+,37+,39-,40+,41+,42-/m0/s1. The predicted octanol–water partition coefficient (Wildman–Crippen LogP) is 9.18. The lowest BCUT2D eigenvalue weighted by Crippen LogP contribution is -2.68. The number of allylic oxidation sites excluding steroid dienone is 3. The van der Waals surface area contributed by atoms with E-state index < -0.39 is 9.84 Å². The molecule has 0 amide bonds. The molecule has 0 heterocycles. The van der Waals surface area contributed by atoms with Gasteiger partial charge in [0.05, 0.1) is 11.0 Å². The van der Waals surface area contributed by atoms with Crippen LogP contribution in [0.1, 0.15) is 124 Å². The summed E-state index contributed by atoms with van der Waals surface area (Å²) in [6.07, 6.45) is 16.2. The number of nitrogens with one attached hydrogen (secondary N) is 1. The molecule has 0 radical (unpaired) electrons. The molecule has 0 unspecified atom stereocenters. The lowest BCUT2D eigenvalue weighted by Gasteiger charge is -2.72. The highest BCUT2D eigenvalue weighted by atomic mass is 32.2. The summed E-state index contributed by atoms with van der Waals surface area (Å²) in [6, 6.07) is 8.10. The van der Waals surface area contributed by atoms with Crippen molar-refractivity contribution in [3.05, 3.63) is 48.1 Å². The minimum absolute atomic E-state index is 0.0498. The molecule has 7 rings (SSSR count). The highest BCUT2D eigenvalue weighted by molar-refractivity contribution is 7.92. The number of rotatable bonds is 10. The molecule has 5 fully saturated rings. The van der Waals surface area contributed by atoms with E-state index in [-0.39, 0.29) is 32.4 Å². The zero-order valence-corrected chi connectivity index (χ0v) is 31.4. The number of sulfone groups is 1. The van der Waals surface area contributed by atoms with E-state index in [0.29, 0.717) is 47.6 Å². The van der Waals surface area contributed by atoms with Crippen LogP contribution in [0.4, 0.5) is 0 Å². The molecule has 0 bridgehead atoms. The maximum absolute atomic E-state index is 12.6. The summed E-state index contributed by atoms with van der Waals surface area (Å²) < 4.78 is 30.4. The van der Waals surface area contributed by atoms with Crippen molar-refractivity contribution >= 4 is 21.9 Å². The highest BCUT2D eigenvalue weighted by Crippen LogP contribution is 2.76. The number of carbonyl (C=O) groups excluding carboxylic acids is 1. The zero-order valence-electron chi connectivity index (χ0n) is 30.6. The Balaban J connectivity index is 1.15. The Labute approximate surface area is 291 Å². The first kappa shape index (κ1) is 34.5. The fourth-order valence-electron chi connectivity index (χ4n) is 13.5. The Kier molecular flexibility index (Phi) is 8.50. The monoisotopic (exact) mass is 675 g/mol. The molecule has 264 valence electrons. The molecular formula is C42H61NO4S. The van der Waals surface area contributed by atoms with Crippen LogP contribution in [-0.2, 0) is 14.6 Å². The van der Waals surface area contributed by atoms with Crippen molar-refractivity contribution in [3.8, 4) is 5.75 Å². The number of fused-ring (bicyclic) bond motifs is 7. The van der Waals surface area contributed by atoms with Gasteiger partial charge in [0, 0.05) is 5.54 Å². The molecule has 1 N–H and O–H groups in total. The second-order valence-corrected chi connectivity index (χ2v) is 20.9. The summed E-state index contributed by atoms with van der Waals surface area (Å²) in [4.78, 5) is 10.9. The van der Waals surface area contributed by atoms with Gasteiger partial charge in [-0.1, -0.05) is 65.0 Å². The molecular weight excluding hydrogens is 615 g/mol. The molecule has 0 saturated heterocycles. The average Bonchev–Trinajstić information content (AvgIpc) is 3.82. The van der Waals surface area contributed by atoms with Gasteiger partial charge in [0.15, 0.2) is 9.84 Å². The summed E-state index contributed by atoms with van der Waals surface area (Å²) in [5, 5.41) is 4.05. The van der Waals surface area contributed by atoms with Crippen molar-refractivity contribution in [1.29, 1.82) is 0 Å². The van der Waals surface area contributed by atoms with Gasteiger partial charge in [-0.15, -0.1) is 0 Å². The van der Waals surface area contributed by atoms with Crippen molar-refractivity contribution < 1.29 is 17.9 Å². The Hall–Kier alpha value is -1.92. The molecule has 6 aliphatic rings. The second-order valence-electron chi connectivity index (χ2n) is 18.5. The van der Waals surface area contributed by atoms with E-state index in [1.807, 2.05) is 12.1 Å². The average molecular weight is 676 g/mol. The van der Waals surface area contributed by atoms with E-state index in [1.165, 1.54) is 68.1 Å². The Morgan fingerprint density at radius 3 is 2.31 bits per heavy atom. The van der Waals surface area contributed by atoms with Crippen molar-refractivity contribution in [2.75, 3.05) is 12.3 Å². The third-order valence-electron chi connectivity index (χ3n) is 16.1. The normalized spacial score (nSPS) is 41.6. The molecule has 0 aromatic heterocycles. The largest absolute Gasteiger partial charge is 0.429 e. The van der Waals surface area contributed by atoms with Crippen LogP contribution >= 0.6 is 0 Å². The van der Waals surface area contributed by atoms with Crippen LogP contribution in [0.3, 0.4) is 0 Å². The smallest absolute Gasteiger partial charge is 0.298 e. The first-order chi connectivity index (χ1) is 22.6. The van der Waals surface area contributed by atoms with Gasteiger partial charge in [-0.3, -0.25) is 4.79 Å². The minimum atomic E-state index is -2.91. The molecule has 0 spiro atoms. The van der Waals surface area contributed by atoms with E-state index in [1.54, 1.807) is 0 Å². The molecule has 6 heteroatoms. The van der Waals surface area contributed by atoms with E-state index in [9.17, 15) is 13.2 Å². The minimum Gasteiger partial charge on any atom is -0.429 e. The molecule has 1 aromatic rings. The Morgan fingerprint density at radius 1 is 0.917 bits per heavy atom. The Morgan fingerprint density at radius 2 is 1.65 bits per heavy atom. The fourth-order valence-corrected chi connectivity index (χ4v) is 15.3. The third-order valence-corrected chi connectivity index (χ3v) is 18.5. The zero-order chi connectivity index (χ0) is 34.3. The first-order valence-corrected chi connectivity index (χ1v) is 20.9. The number of hydrogen-bond donors (Lipinski definition) is 1. The third kappa shape index (κ3) is 5.15. The van der Waals surface area contributed by atoms with Crippen LogP contribution in [0.2, 0.25) is 0 Å². The maximum Gasteiger partial charge on any atom is 0.298 e. The van der Waals surface area contributed by atoms with Gasteiger partial charge in [0.25, 0.3) is 6.47 Å². The van der Waals surface area contributed by atoms with Crippen LogP contribution in [0.15, 0.2) is 42.5 Å². The van der Waals surface area contributed by atoms with E-state index in [0.717, 1.165) is 32.2 Å². The number of carbonyl (C=O) groups is 1. The van der Waals surface area contributed by atoms with Crippen LogP contribution in [0.5, 0.6) is 5.75 Å². The lowest BCUT2D eigenvalue weighted by molar-refractivity contribution is -0.219. The molecule has 5 nitrogen and oxygen atoms in total. The van der Waals surface area contributed by atoms with Crippen LogP contribution in [0, 0.1) is 51.2 Å². The fraction of sp³-hybridized carbons (Fsp3) is 0.738. The van der Waals surface area contributed by atoms with Crippen LogP contribution in [-0.4, -0.2) is 38.0 Å². The van der Waals surface area contributed by atoms with Crippen molar-refractivity contribution in [2.24, 2.45) is 51.2 Å². The van der Waals surface area contributed by atoms with Gasteiger partial charge in [-0.2, -0.15) is 0 Å². The summed E-state index contributed by atoms with van der Waals surface area (Å²) in [6.45, 7) is 21.2. The summed E-state index contributed by atoms with van der Waals surface area (Å²) in [5.41, 5.74) is 5.00. The Bertz CT molecular complexity index is 1570. The van der Waals surface area contributed by atoms with E-state index >= 15 is 0 Å². The number of hydrogen-bond acceptors (Lipinski definition) is 5. The van der Waals surface area contributed by atoms with Gasteiger partial charge >= 0.3 is 0 Å². The van der Waals surface area contributed by atoms with Gasteiger partial charge in [-0.25, -0.2) is 8.42 Å². The highest BCUT2D eigenvalue weighted by Gasteiger charge is 2.70. The topological polar surface area (TPSA) is 72.5 Å². The molecule has 6 aliphatic carbocycles. The van der Waals surface area contributed by atoms with Gasteiger partial charge in [-0.05, 0) is 165 Å². The SMILES string of the molecule is C=C(C)[C@@H]1CC[C@]2(NCCCS(=O)(=O)C3CC3)CC[C@]3(C)[C@H](CC[C@@H]4[C@@]5(C)CC=C(c6ccc(OC=O)cc6)C(C)(C)[C@@H]5CC[C@]43C)[C@@H]12. The lowest BCUT2D eigenvalue weighted by atomic mass is 9.33. The van der Waals surface area contributed by atoms with Crippen molar-refractivity contribution in [1.82, 2.24) is 5.32 Å². The number of benzene rings is 1. The van der Waals surface area contributed by atoms with Gasteiger partial charge in [0.1, 0.15) is 5.75 Å². The van der Waals surface area contributed by atoms with E-state index in [4.69, 9.17) is 4.74 Å². The molecule has 5 saturated carbocycles. The molecule has 1 aromatic carbocycles. The van der Waals surface area contributed by atoms with Crippen LogP contribution in [0.25, 0.3) is 5.57 Å². The first-order valence-electron chi connectivity index (χ1n) is 19.2. The van der Waals surface area contributed by atoms with Gasteiger partial charge in [0.2, 0.25) is 0 Å². The van der Waals surface area contributed by atoms with E-state index in [2.05, 4.69) is 71.6 Å². The molecule has 0 aliphatic heterocycles. The quantitative estimate of drug-likeness (QED) is 0.152. The summed E-state index contributed by atoms with van der Waals surface area (Å²) in [7, 11) is -2.91. The van der Waals surface area contributed by atoms with Crippen molar-refractivity contribution in [2.45, 2.75) is 129 Å².